The number of aryl methyl sites for hydroxylation is 2. The highest BCUT2D eigenvalue weighted by atomic mass is 32.1. The first-order chi connectivity index (χ1) is 9.52. The minimum absolute atomic E-state index is 0.236. The van der Waals surface area contributed by atoms with Crippen LogP contribution in [-0.4, -0.2) is 16.1 Å². The van der Waals surface area contributed by atoms with E-state index in [-0.39, 0.29) is 6.04 Å². The maximum Gasteiger partial charge on any atom is 0.167 e. The van der Waals surface area contributed by atoms with Gasteiger partial charge in [0.05, 0.1) is 16.7 Å². The van der Waals surface area contributed by atoms with E-state index in [4.69, 9.17) is 12.2 Å². The number of aromatic nitrogens is 1. The number of fused-ring (bicyclic) bond motifs is 2. The number of rotatable bonds is 3. The highest BCUT2D eigenvalue weighted by Gasteiger charge is 2.39. The lowest BCUT2D eigenvalue weighted by atomic mass is 9.95. The molecule has 2 saturated carbocycles. The highest BCUT2D eigenvalue weighted by Crippen LogP contribution is 2.44. The fraction of sp³-hybridized carbons (Fsp3) is 0.733. The van der Waals surface area contributed by atoms with Gasteiger partial charge in [-0.25, -0.2) is 4.98 Å². The molecule has 1 heterocycles. The Morgan fingerprint density at radius 2 is 2.15 bits per heavy atom. The van der Waals surface area contributed by atoms with Crippen LogP contribution in [0.2, 0.25) is 0 Å². The summed E-state index contributed by atoms with van der Waals surface area (Å²) in [5.74, 6) is 1.80. The van der Waals surface area contributed by atoms with Crippen molar-refractivity contribution in [2.75, 3.05) is 0 Å². The fourth-order valence-electron chi connectivity index (χ4n) is 3.84. The Bertz CT molecular complexity index is 511. The Balaban J connectivity index is 1.55. The predicted molar refractivity (Wildman–Crippen MR) is 88.1 cm³/mol. The molecule has 0 aliphatic heterocycles. The molecule has 5 heteroatoms. The standard InChI is InChI=1S/C15H23N3S2/c1-8-14(20-10(3)16-8)9(2)17-15(19)18-13-7-11-4-5-12(13)6-11/h9,11-13H,4-7H2,1-3H3,(H2,17,18,19)/t9-,11+,12+,13-/m1/s1. The van der Waals surface area contributed by atoms with E-state index in [0.29, 0.717) is 6.04 Å². The van der Waals surface area contributed by atoms with E-state index in [9.17, 15) is 0 Å². The summed E-state index contributed by atoms with van der Waals surface area (Å²) in [6, 6.07) is 0.838. The summed E-state index contributed by atoms with van der Waals surface area (Å²) < 4.78 is 0. The molecule has 2 aliphatic carbocycles. The molecule has 0 unspecified atom stereocenters. The molecule has 110 valence electrons. The number of thiazole rings is 1. The van der Waals surface area contributed by atoms with Crippen LogP contribution in [0.5, 0.6) is 0 Å². The zero-order chi connectivity index (χ0) is 14.3. The third-order valence-electron chi connectivity index (χ3n) is 4.73. The Morgan fingerprint density at radius 3 is 2.70 bits per heavy atom. The van der Waals surface area contributed by atoms with E-state index in [1.807, 2.05) is 0 Å². The van der Waals surface area contributed by atoms with E-state index in [0.717, 1.165) is 27.6 Å². The summed E-state index contributed by atoms with van der Waals surface area (Å²) in [4.78, 5) is 5.78. The molecule has 3 nitrogen and oxygen atoms in total. The molecule has 2 fully saturated rings. The van der Waals surface area contributed by atoms with Crippen molar-refractivity contribution < 1.29 is 0 Å². The third kappa shape index (κ3) is 2.84. The van der Waals surface area contributed by atoms with E-state index in [2.05, 4.69) is 36.4 Å². The van der Waals surface area contributed by atoms with E-state index < -0.39 is 0 Å². The summed E-state index contributed by atoms with van der Waals surface area (Å²) in [5, 5.41) is 8.90. The maximum absolute atomic E-state index is 5.49. The minimum Gasteiger partial charge on any atom is -0.360 e. The van der Waals surface area contributed by atoms with Crippen LogP contribution < -0.4 is 10.6 Å². The number of hydrogen-bond acceptors (Lipinski definition) is 3. The highest BCUT2D eigenvalue weighted by molar-refractivity contribution is 7.80. The second kappa shape index (κ2) is 5.60. The van der Waals surface area contributed by atoms with Crippen molar-refractivity contribution in [2.24, 2.45) is 11.8 Å². The summed E-state index contributed by atoms with van der Waals surface area (Å²) in [6.07, 6.45) is 5.52. The van der Waals surface area contributed by atoms with Gasteiger partial charge in [0.15, 0.2) is 5.11 Å². The smallest absolute Gasteiger partial charge is 0.167 e. The second-order valence-corrected chi connectivity index (χ2v) is 7.95. The Morgan fingerprint density at radius 1 is 1.35 bits per heavy atom. The van der Waals surface area contributed by atoms with Crippen LogP contribution >= 0.6 is 23.6 Å². The lowest BCUT2D eigenvalue weighted by Crippen LogP contribution is -2.44. The van der Waals surface area contributed by atoms with Crippen molar-refractivity contribution in [1.82, 2.24) is 15.6 Å². The molecule has 0 radical (unpaired) electrons. The summed E-state index contributed by atoms with van der Waals surface area (Å²) in [6.45, 7) is 6.29. The van der Waals surface area contributed by atoms with Gasteiger partial charge in [0, 0.05) is 10.9 Å². The zero-order valence-corrected chi connectivity index (χ0v) is 14.0. The van der Waals surface area contributed by atoms with Gasteiger partial charge in [-0.1, -0.05) is 6.42 Å². The number of nitrogens with zero attached hydrogens (tertiary/aromatic N) is 1. The molecule has 2 bridgehead atoms. The van der Waals surface area contributed by atoms with Gasteiger partial charge in [-0.15, -0.1) is 11.3 Å². The Hall–Kier alpha value is -0.680. The topological polar surface area (TPSA) is 37.0 Å². The van der Waals surface area contributed by atoms with E-state index >= 15 is 0 Å². The van der Waals surface area contributed by atoms with Gasteiger partial charge in [0.1, 0.15) is 0 Å². The van der Waals surface area contributed by atoms with Crippen LogP contribution in [0.1, 0.15) is 54.2 Å². The molecule has 4 atom stereocenters. The van der Waals surface area contributed by atoms with Crippen LogP contribution in [-0.2, 0) is 0 Å². The first kappa shape index (κ1) is 14.3. The van der Waals surface area contributed by atoms with Crippen molar-refractivity contribution >= 4 is 28.7 Å². The average Bonchev–Trinajstić information content (AvgIpc) is 3.04. The molecular weight excluding hydrogens is 286 g/mol. The predicted octanol–water partition coefficient (Wildman–Crippen LogP) is 3.47. The van der Waals surface area contributed by atoms with Crippen LogP contribution in [0.15, 0.2) is 0 Å². The molecular formula is C15H23N3S2. The molecule has 0 saturated heterocycles. The average molecular weight is 310 g/mol. The molecule has 1 aromatic heterocycles. The second-order valence-electron chi connectivity index (χ2n) is 6.30. The van der Waals surface area contributed by atoms with Crippen molar-refractivity contribution in [1.29, 1.82) is 0 Å². The quantitative estimate of drug-likeness (QED) is 0.838. The molecule has 2 aliphatic rings. The number of thiocarbonyl (C=S) groups is 1. The molecule has 3 rings (SSSR count). The van der Waals surface area contributed by atoms with Crippen LogP contribution in [0, 0.1) is 25.7 Å². The first-order valence-electron chi connectivity index (χ1n) is 7.54. The summed E-state index contributed by atoms with van der Waals surface area (Å²) >= 11 is 7.25. The van der Waals surface area contributed by atoms with Gasteiger partial charge in [-0.2, -0.15) is 0 Å². The van der Waals surface area contributed by atoms with E-state index in [1.165, 1.54) is 30.6 Å². The molecule has 0 spiro atoms. The van der Waals surface area contributed by atoms with Gasteiger partial charge in [0.25, 0.3) is 0 Å². The molecule has 2 N–H and O–H groups in total. The Labute approximate surface area is 130 Å². The number of nitrogens with one attached hydrogen (secondary N) is 2. The van der Waals surface area contributed by atoms with Gasteiger partial charge < -0.3 is 10.6 Å². The van der Waals surface area contributed by atoms with Crippen molar-refractivity contribution in [3.8, 4) is 0 Å². The van der Waals surface area contributed by atoms with Crippen LogP contribution in [0.3, 0.4) is 0 Å². The van der Waals surface area contributed by atoms with Gasteiger partial charge in [-0.3, -0.25) is 0 Å². The third-order valence-corrected chi connectivity index (χ3v) is 6.23. The van der Waals surface area contributed by atoms with Crippen LogP contribution in [0.4, 0.5) is 0 Å². The SMILES string of the molecule is Cc1nc(C)c([C@@H](C)NC(=S)N[C@@H]2C[C@H]3CC[C@H]2C3)s1. The molecule has 1 aromatic rings. The van der Waals surface area contributed by atoms with Crippen molar-refractivity contribution in [3.05, 3.63) is 15.6 Å². The molecule has 0 amide bonds. The zero-order valence-electron chi connectivity index (χ0n) is 12.4. The summed E-state index contributed by atoms with van der Waals surface area (Å²) in [7, 11) is 0. The minimum atomic E-state index is 0.236. The largest absolute Gasteiger partial charge is 0.360 e. The van der Waals surface area contributed by atoms with Gasteiger partial charge in [-0.05, 0) is 64.1 Å². The first-order valence-corrected chi connectivity index (χ1v) is 8.76. The normalized spacial score (nSPS) is 29.4. The lowest BCUT2D eigenvalue weighted by Gasteiger charge is -2.26. The van der Waals surface area contributed by atoms with Crippen molar-refractivity contribution in [2.45, 2.75) is 58.5 Å². The lowest BCUT2D eigenvalue weighted by molar-refractivity contribution is 0.388. The van der Waals surface area contributed by atoms with Gasteiger partial charge in [0.2, 0.25) is 0 Å². The summed E-state index contributed by atoms with van der Waals surface area (Å²) in [5.41, 5.74) is 1.12. The molecule has 0 aromatic carbocycles. The maximum atomic E-state index is 5.49. The van der Waals surface area contributed by atoms with Crippen LogP contribution in [0.25, 0.3) is 0 Å². The molecule has 20 heavy (non-hydrogen) atoms. The number of hydrogen-bond donors (Lipinski definition) is 2. The van der Waals surface area contributed by atoms with E-state index in [1.54, 1.807) is 11.3 Å². The monoisotopic (exact) mass is 309 g/mol. The van der Waals surface area contributed by atoms with Crippen molar-refractivity contribution in [3.63, 3.8) is 0 Å². The Kier molecular flexibility index (Phi) is 4.00. The fourth-order valence-corrected chi connectivity index (χ4v) is 5.10. The van der Waals surface area contributed by atoms with Gasteiger partial charge >= 0.3 is 0 Å².